The Morgan fingerprint density at radius 1 is 1.13 bits per heavy atom. The molecule has 0 radical (unpaired) electrons. The second-order valence-electron chi connectivity index (χ2n) is 10.4. The number of aromatic nitrogens is 1. The molecule has 45 heavy (non-hydrogen) atoms. The van der Waals surface area contributed by atoms with E-state index in [9.17, 15) is 14.0 Å². The maximum Gasteiger partial charge on any atom is 0.338 e. The highest BCUT2D eigenvalue weighted by molar-refractivity contribution is 9.10. The largest absolute Gasteiger partial charge is 0.493 e. The molecule has 0 aliphatic carbocycles. The van der Waals surface area contributed by atoms with Crippen molar-refractivity contribution in [2.45, 2.75) is 46.4 Å². The number of rotatable bonds is 10. The topological polar surface area (TPSA) is 88.4 Å². The highest BCUT2D eigenvalue weighted by atomic mass is 79.9. The number of carbonyl (C=O) groups is 1. The van der Waals surface area contributed by atoms with Gasteiger partial charge >= 0.3 is 5.97 Å². The van der Waals surface area contributed by atoms with Crippen molar-refractivity contribution in [2.75, 3.05) is 13.7 Å². The van der Waals surface area contributed by atoms with Crippen LogP contribution in [0.4, 0.5) is 4.39 Å². The fraction of sp³-hybridized carbons (Fsp3) is 0.265. The number of esters is 1. The van der Waals surface area contributed by atoms with Crippen molar-refractivity contribution in [1.29, 1.82) is 0 Å². The van der Waals surface area contributed by atoms with Gasteiger partial charge < -0.3 is 18.9 Å². The van der Waals surface area contributed by atoms with Crippen molar-refractivity contribution in [3.63, 3.8) is 0 Å². The molecule has 11 heteroatoms. The van der Waals surface area contributed by atoms with Crippen LogP contribution in [0, 0.1) is 5.82 Å². The summed E-state index contributed by atoms with van der Waals surface area (Å²) in [5.41, 5.74) is 2.36. The molecule has 1 atom stereocenters. The molecule has 0 unspecified atom stereocenters. The van der Waals surface area contributed by atoms with Gasteiger partial charge in [-0.1, -0.05) is 57.6 Å². The highest BCUT2D eigenvalue weighted by Crippen LogP contribution is 2.37. The van der Waals surface area contributed by atoms with Crippen LogP contribution in [0.1, 0.15) is 50.4 Å². The summed E-state index contributed by atoms with van der Waals surface area (Å²) >= 11 is 4.72. The Morgan fingerprint density at radius 2 is 1.87 bits per heavy atom. The number of thiazole rings is 1. The zero-order valence-corrected chi connectivity index (χ0v) is 27.8. The van der Waals surface area contributed by atoms with Gasteiger partial charge in [0, 0.05) is 15.6 Å². The van der Waals surface area contributed by atoms with Crippen LogP contribution in [0.15, 0.2) is 86.2 Å². The van der Waals surface area contributed by atoms with Crippen molar-refractivity contribution in [2.24, 2.45) is 4.99 Å². The number of halogens is 2. The number of para-hydroxylation sites is 1. The van der Waals surface area contributed by atoms with Crippen LogP contribution in [0.5, 0.6) is 17.2 Å². The van der Waals surface area contributed by atoms with Gasteiger partial charge in [-0.05, 0) is 69.7 Å². The number of allylic oxidation sites excluding steroid dienone is 1. The second kappa shape index (κ2) is 13.8. The number of hydrogen-bond acceptors (Lipinski definition) is 8. The van der Waals surface area contributed by atoms with Crippen LogP contribution in [0.25, 0.3) is 6.08 Å². The van der Waals surface area contributed by atoms with E-state index in [0.717, 1.165) is 5.56 Å². The van der Waals surface area contributed by atoms with Crippen LogP contribution < -0.4 is 29.1 Å². The van der Waals surface area contributed by atoms with E-state index in [4.69, 9.17) is 18.9 Å². The Morgan fingerprint density at radius 3 is 2.56 bits per heavy atom. The molecule has 1 aromatic heterocycles. The summed E-state index contributed by atoms with van der Waals surface area (Å²) in [5, 5.41) is 0. The lowest BCUT2D eigenvalue weighted by molar-refractivity contribution is -0.139. The molecule has 4 aromatic rings. The smallest absolute Gasteiger partial charge is 0.338 e. The summed E-state index contributed by atoms with van der Waals surface area (Å²) in [4.78, 5) is 32.7. The van der Waals surface area contributed by atoms with E-state index < -0.39 is 12.0 Å². The van der Waals surface area contributed by atoms with E-state index >= 15 is 0 Å². The minimum absolute atomic E-state index is 0.141. The summed E-state index contributed by atoms with van der Waals surface area (Å²) in [6, 6.07) is 16.1. The van der Waals surface area contributed by atoms with Gasteiger partial charge in [-0.2, -0.15) is 0 Å². The molecule has 234 valence electrons. The fourth-order valence-corrected chi connectivity index (χ4v) is 6.52. The van der Waals surface area contributed by atoms with Crippen LogP contribution in [0.3, 0.4) is 0 Å². The highest BCUT2D eigenvalue weighted by Gasteiger charge is 2.35. The first kappa shape index (κ1) is 32.2. The van der Waals surface area contributed by atoms with Gasteiger partial charge in [-0.15, -0.1) is 0 Å². The lowest BCUT2D eigenvalue weighted by Gasteiger charge is -2.26. The average molecular weight is 696 g/mol. The van der Waals surface area contributed by atoms with E-state index in [1.54, 1.807) is 38.1 Å². The van der Waals surface area contributed by atoms with Crippen molar-refractivity contribution in [3.8, 4) is 17.2 Å². The molecule has 0 spiro atoms. The standard InChI is InChI=1S/C34H32BrFN2O6S/c1-6-42-33(40)29-20(4)37-34-38(30(29)25-9-7-8-10-26(25)44-19(2)3)32(39)28(45-34)16-22-15-23(35)17-27(41-5)31(22)43-18-21-11-13-24(36)14-12-21/h7-17,19,30H,6,18H2,1-5H3/b28-16-/t30-/m1/s1. The molecule has 0 saturated heterocycles. The molecule has 5 rings (SSSR count). The Bertz CT molecular complexity index is 1950. The van der Waals surface area contributed by atoms with Crippen molar-refractivity contribution in [1.82, 2.24) is 4.57 Å². The minimum Gasteiger partial charge on any atom is -0.493 e. The number of hydrogen-bond donors (Lipinski definition) is 0. The van der Waals surface area contributed by atoms with Gasteiger partial charge in [-0.3, -0.25) is 9.36 Å². The van der Waals surface area contributed by atoms with Crippen LogP contribution in [-0.4, -0.2) is 30.4 Å². The number of fused-ring (bicyclic) bond motifs is 1. The van der Waals surface area contributed by atoms with E-state index in [1.165, 1.54) is 35.1 Å². The lowest BCUT2D eigenvalue weighted by atomic mass is 9.95. The monoisotopic (exact) mass is 694 g/mol. The SMILES string of the molecule is CCOC(=O)C1=C(C)N=c2s/c(=C\c3cc(Br)cc(OC)c3OCc3ccc(F)cc3)c(=O)n2[C@@H]1c1ccccc1OC(C)C. The molecule has 1 aliphatic heterocycles. The summed E-state index contributed by atoms with van der Waals surface area (Å²) < 4.78 is 39.4. The molecule has 3 aromatic carbocycles. The van der Waals surface area contributed by atoms with Gasteiger partial charge in [0.05, 0.1) is 35.6 Å². The van der Waals surface area contributed by atoms with E-state index in [-0.39, 0.29) is 36.3 Å². The number of ether oxygens (including phenoxy) is 4. The number of nitrogens with zero attached hydrogens (tertiary/aromatic N) is 2. The third kappa shape index (κ3) is 6.89. The molecule has 0 saturated carbocycles. The Kier molecular flexibility index (Phi) is 9.89. The normalized spacial score (nSPS) is 14.7. The third-order valence-corrected chi connectivity index (χ3v) is 8.39. The first-order chi connectivity index (χ1) is 21.6. The predicted molar refractivity (Wildman–Crippen MR) is 174 cm³/mol. The summed E-state index contributed by atoms with van der Waals surface area (Å²) in [6.07, 6.45) is 1.58. The molecule has 0 N–H and O–H groups in total. The first-order valence-electron chi connectivity index (χ1n) is 14.3. The van der Waals surface area contributed by atoms with Gasteiger partial charge in [0.25, 0.3) is 5.56 Å². The second-order valence-corrected chi connectivity index (χ2v) is 12.4. The third-order valence-electron chi connectivity index (χ3n) is 6.94. The summed E-state index contributed by atoms with van der Waals surface area (Å²) in [5.74, 6) is 0.520. The number of benzene rings is 3. The summed E-state index contributed by atoms with van der Waals surface area (Å²) in [6.45, 7) is 7.62. The van der Waals surface area contributed by atoms with Gasteiger partial charge in [0.15, 0.2) is 16.3 Å². The molecule has 2 heterocycles. The van der Waals surface area contributed by atoms with Crippen LogP contribution >= 0.6 is 27.3 Å². The zero-order chi connectivity index (χ0) is 32.2. The zero-order valence-electron chi connectivity index (χ0n) is 25.4. The molecule has 8 nitrogen and oxygen atoms in total. The van der Waals surface area contributed by atoms with E-state index in [2.05, 4.69) is 20.9 Å². The number of carbonyl (C=O) groups excluding carboxylic acids is 1. The van der Waals surface area contributed by atoms with Gasteiger partial charge in [0.1, 0.15) is 24.2 Å². The minimum atomic E-state index is -0.830. The molecule has 0 bridgehead atoms. The maximum absolute atomic E-state index is 14.3. The van der Waals surface area contributed by atoms with E-state index in [0.29, 0.717) is 47.9 Å². The molecule has 1 aliphatic rings. The molecular formula is C34H32BrFN2O6S. The Labute approximate surface area is 272 Å². The lowest BCUT2D eigenvalue weighted by Crippen LogP contribution is -2.40. The van der Waals surface area contributed by atoms with Crippen LogP contribution in [0.2, 0.25) is 0 Å². The quantitative estimate of drug-likeness (QED) is 0.187. The first-order valence-corrected chi connectivity index (χ1v) is 15.9. The number of methoxy groups -OCH3 is 1. The molecular weight excluding hydrogens is 663 g/mol. The van der Waals surface area contributed by atoms with Crippen molar-refractivity contribution >= 4 is 39.3 Å². The summed E-state index contributed by atoms with van der Waals surface area (Å²) in [7, 11) is 1.53. The predicted octanol–water partition coefficient (Wildman–Crippen LogP) is 6.07. The van der Waals surface area contributed by atoms with Crippen molar-refractivity contribution < 1.29 is 28.1 Å². The molecule has 0 amide bonds. The maximum atomic E-state index is 14.3. The Hall–Kier alpha value is -4.22. The Balaban J connectivity index is 1.69. The average Bonchev–Trinajstić information content (AvgIpc) is 3.30. The molecule has 0 fully saturated rings. The van der Waals surface area contributed by atoms with Gasteiger partial charge in [0.2, 0.25) is 0 Å². The van der Waals surface area contributed by atoms with Crippen molar-refractivity contribution in [3.05, 3.63) is 119 Å². The van der Waals surface area contributed by atoms with E-state index in [1.807, 2.05) is 44.2 Å². The van der Waals surface area contributed by atoms with Gasteiger partial charge in [-0.25, -0.2) is 14.2 Å². The van der Waals surface area contributed by atoms with Crippen LogP contribution in [-0.2, 0) is 16.1 Å². The fourth-order valence-electron chi connectivity index (χ4n) is 5.03.